The molecule has 0 radical (unpaired) electrons. The molecule has 1 N–H and O–H groups in total. The summed E-state index contributed by atoms with van der Waals surface area (Å²) >= 11 is 5.68. The molecule has 2 aliphatic rings. The topological polar surface area (TPSA) is 44.8 Å². The number of fused-ring (bicyclic) bond motifs is 1. The highest BCUT2D eigenvalue weighted by molar-refractivity contribution is 6.30. The average Bonchev–Trinajstić information content (AvgIpc) is 3.18. The van der Waals surface area contributed by atoms with Crippen molar-refractivity contribution in [3.63, 3.8) is 0 Å². The van der Waals surface area contributed by atoms with Crippen LogP contribution in [0.15, 0.2) is 36.4 Å². The molecule has 9 heteroatoms. The van der Waals surface area contributed by atoms with Crippen LogP contribution in [0.5, 0.6) is 5.75 Å². The lowest BCUT2D eigenvalue weighted by molar-refractivity contribution is -0.137. The van der Waals surface area contributed by atoms with E-state index in [9.17, 15) is 18.0 Å². The Kier molecular flexibility index (Phi) is 6.41. The van der Waals surface area contributed by atoms with Gasteiger partial charge in [0.05, 0.1) is 24.4 Å². The summed E-state index contributed by atoms with van der Waals surface area (Å²) < 4.78 is 45.1. The Balaban J connectivity index is 1.28. The largest absolute Gasteiger partial charge is 0.493 e. The second-order valence-electron chi connectivity index (χ2n) is 7.83. The number of nitrogens with one attached hydrogen (secondary N) is 1. The molecule has 2 aromatic rings. The zero-order valence-corrected chi connectivity index (χ0v) is 17.6. The number of benzene rings is 2. The number of alkyl halides is 3. The second kappa shape index (κ2) is 9.06. The van der Waals surface area contributed by atoms with E-state index >= 15 is 0 Å². The highest BCUT2D eigenvalue weighted by atomic mass is 35.5. The lowest BCUT2D eigenvalue weighted by atomic mass is 10.1. The lowest BCUT2D eigenvalue weighted by Gasteiger charge is -2.34. The van der Waals surface area contributed by atoms with Gasteiger partial charge in [-0.2, -0.15) is 13.2 Å². The van der Waals surface area contributed by atoms with E-state index in [0.29, 0.717) is 13.1 Å². The summed E-state index contributed by atoms with van der Waals surface area (Å²) in [6.45, 7) is 4.53. The summed E-state index contributed by atoms with van der Waals surface area (Å²) in [6.07, 6.45) is -3.65. The Morgan fingerprint density at radius 3 is 2.55 bits per heavy atom. The van der Waals surface area contributed by atoms with E-state index in [1.54, 1.807) is 0 Å². The molecule has 5 nitrogen and oxygen atoms in total. The van der Waals surface area contributed by atoms with Crippen LogP contribution in [0.1, 0.15) is 16.7 Å². The Morgan fingerprint density at radius 2 is 1.81 bits per heavy atom. The highest BCUT2D eigenvalue weighted by Crippen LogP contribution is 2.36. The monoisotopic (exact) mass is 453 g/mol. The van der Waals surface area contributed by atoms with Crippen LogP contribution in [0.3, 0.4) is 0 Å². The average molecular weight is 454 g/mol. The van der Waals surface area contributed by atoms with Crippen LogP contribution < -0.4 is 10.1 Å². The number of hydrogen-bond acceptors (Lipinski definition) is 4. The van der Waals surface area contributed by atoms with Crippen molar-refractivity contribution in [2.45, 2.75) is 19.1 Å². The number of halogens is 4. The molecule has 31 heavy (non-hydrogen) atoms. The molecule has 0 bridgehead atoms. The summed E-state index contributed by atoms with van der Waals surface area (Å²) in [5.74, 6) is 0.494. The first-order chi connectivity index (χ1) is 14.8. The summed E-state index contributed by atoms with van der Waals surface area (Å²) in [6, 6.07) is 9.62. The molecule has 0 atom stereocenters. The summed E-state index contributed by atoms with van der Waals surface area (Å²) in [5.41, 5.74) is 1.25. The molecule has 4 rings (SSSR count). The fourth-order valence-corrected chi connectivity index (χ4v) is 4.13. The van der Waals surface area contributed by atoms with Gasteiger partial charge in [0, 0.05) is 44.2 Å². The second-order valence-corrected chi connectivity index (χ2v) is 8.27. The molecule has 0 saturated carbocycles. The maximum Gasteiger partial charge on any atom is 0.418 e. The van der Waals surface area contributed by atoms with Gasteiger partial charge < -0.3 is 10.1 Å². The molecule has 0 aromatic heterocycles. The molecule has 1 fully saturated rings. The van der Waals surface area contributed by atoms with E-state index in [1.165, 1.54) is 23.3 Å². The number of rotatable bonds is 5. The van der Waals surface area contributed by atoms with Gasteiger partial charge in [0.1, 0.15) is 5.75 Å². The van der Waals surface area contributed by atoms with E-state index in [-0.39, 0.29) is 17.3 Å². The first-order valence-electron chi connectivity index (χ1n) is 10.1. The lowest BCUT2D eigenvalue weighted by Crippen LogP contribution is -2.48. The Bertz CT molecular complexity index is 960. The van der Waals surface area contributed by atoms with Gasteiger partial charge >= 0.3 is 6.18 Å². The molecule has 2 aromatic carbocycles. The maximum absolute atomic E-state index is 13.2. The van der Waals surface area contributed by atoms with E-state index in [4.69, 9.17) is 16.3 Å². The minimum Gasteiger partial charge on any atom is -0.493 e. The number of carbonyl (C=O) groups is 1. The number of anilines is 1. The van der Waals surface area contributed by atoms with Crippen molar-refractivity contribution in [3.8, 4) is 5.75 Å². The van der Waals surface area contributed by atoms with E-state index in [2.05, 4.69) is 22.3 Å². The minimum atomic E-state index is -4.59. The normalized spacial score (nSPS) is 17.3. The first kappa shape index (κ1) is 21.9. The Morgan fingerprint density at radius 1 is 1.06 bits per heavy atom. The smallest absolute Gasteiger partial charge is 0.418 e. The molecule has 0 aliphatic carbocycles. The first-order valence-corrected chi connectivity index (χ1v) is 10.5. The molecule has 0 spiro atoms. The van der Waals surface area contributed by atoms with Gasteiger partial charge in [0.25, 0.3) is 0 Å². The number of ether oxygens (including phenoxy) is 1. The van der Waals surface area contributed by atoms with Gasteiger partial charge in [-0.05, 0) is 35.4 Å². The number of amides is 1. The van der Waals surface area contributed by atoms with Crippen molar-refractivity contribution < 1.29 is 22.7 Å². The third kappa shape index (κ3) is 5.50. The predicted molar refractivity (Wildman–Crippen MR) is 112 cm³/mol. The van der Waals surface area contributed by atoms with Gasteiger partial charge in [-0.25, -0.2) is 0 Å². The van der Waals surface area contributed by atoms with Crippen LogP contribution >= 0.6 is 11.6 Å². The van der Waals surface area contributed by atoms with Gasteiger partial charge in [-0.3, -0.25) is 14.6 Å². The van der Waals surface area contributed by atoms with Crippen molar-refractivity contribution in [3.05, 3.63) is 58.1 Å². The number of nitrogens with zero attached hydrogens (tertiary/aromatic N) is 2. The van der Waals surface area contributed by atoms with Gasteiger partial charge in [-0.1, -0.05) is 23.7 Å². The van der Waals surface area contributed by atoms with Gasteiger partial charge in [-0.15, -0.1) is 0 Å². The van der Waals surface area contributed by atoms with Crippen molar-refractivity contribution in [2.75, 3.05) is 44.6 Å². The van der Waals surface area contributed by atoms with Crippen LogP contribution in [0.2, 0.25) is 5.02 Å². The Hall–Kier alpha value is -2.29. The van der Waals surface area contributed by atoms with Crippen molar-refractivity contribution in [2.24, 2.45) is 0 Å². The summed E-state index contributed by atoms with van der Waals surface area (Å²) in [5, 5.41) is 2.35. The zero-order chi connectivity index (χ0) is 22.0. The molecule has 0 unspecified atom stereocenters. The van der Waals surface area contributed by atoms with Gasteiger partial charge in [0.2, 0.25) is 5.91 Å². The fraction of sp³-hybridized carbons (Fsp3) is 0.409. The molecule has 2 aliphatic heterocycles. The van der Waals surface area contributed by atoms with Crippen LogP contribution in [-0.2, 0) is 23.9 Å². The standard InChI is InChI=1S/C22H23ClF3N3O2/c23-17-2-3-19(18(12-17)22(24,25)26)27-21(30)14-29-8-6-28(7-9-29)13-15-1-4-20-16(11-15)5-10-31-20/h1-4,11-12H,5-10,13-14H2,(H,27,30). The van der Waals surface area contributed by atoms with Crippen molar-refractivity contribution >= 4 is 23.2 Å². The van der Waals surface area contributed by atoms with Crippen LogP contribution in [-0.4, -0.2) is 55.0 Å². The molecule has 1 saturated heterocycles. The summed E-state index contributed by atoms with van der Waals surface area (Å²) in [4.78, 5) is 16.6. The van der Waals surface area contributed by atoms with Crippen molar-refractivity contribution in [1.82, 2.24) is 9.80 Å². The third-order valence-corrected chi connectivity index (χ3v) is 5.79. The van der Waals surface area contributed by atoms with Crippen LogP contribution in [0.4, 0.5) is 18.9 Å². The third-order valence-electron chi connectivity index (χ3n) is 5.55. The number of carbonyl (C=O) groups excluding carboxylic acids is 1. The molecule has 1 amide bonds. The number of hydrogen-bond donors (Lipinski definition) is 1. The molecule has 166 valence electrons. The summed E-state index contributed by atoms with van der Waals surface area (Å²) in [7, 11) is 0. The van der Waals surface area contributed by atoms with E-state index in [1.807, 2.05) is 11.0 Å². The number of piperazine rings is 1. The van der Waals surface area contributed by atoms with Crippen LogP contribution in [0.25, 0.3) is 0 Å². The Labute approximate surface area is 183 Å². The highest BCUT2D eigenvalue weighted by Gasteiger charge is 2.34. The van der Waals surface area contributed by atoms with Crippen LogP contribution in [0, 0.1) is 0 Å². The quantitative estimate of drug-likeness (QED) is 0.742. The SMILES string of the molecule is O=C(CN1CCN(Cc2ccc3c(c2)CCO3)CC1)Nc1ccc(Cl)cc1C(F)(F)F. The fourth-order valence-electron chi connectivity index (χ4n) is 3.95. The maximum atomic E-state index is 13.2. The molecular formula is C22H23ClF3N3O2. The van der Waals surface area contributed by atoms with Gasteiger partial charge in [0.15, 0.2) is 0 Å². The van der Waals surface area contributed by atoms with E-state index in [0.717, 1.165) is 44.5 Å². The molecular weight excluding hydrogens is 431 g/mol. The van der Waals surface area contributed by atoms with E-state index < -0.39 is 17.6 Å². The molecule has 2 heterocycles. The predicted octanol–water partition coefficient (Wildman–Crippen LogP) is 4.05. The zero-order valence-electron chi connectivity index (χ0n) is 16.8. The van der Waals surface area contributed by atoms with Crippen molar-refractivity contribution in [1.29, 1.82) is 0 Å². The minimum absolute atomic E-state index is 0.0302.